The average molecular weight is 1010 g/mol. The molecule has 6 nitrogen and oxygen atoms in total. The Labute approximate surface area is 450 Å². The van der Waals surface area contributed by atoms with Gasteiger partial charge in [-0.2, -0.15) is 0 Å². The summed E-state index contributed by atoms with van der Waals surface area (Å²) in [6.07, 6.45) is 83.4. The highest BCUT2D eigenvalue weighted by Crippen LogP contribution is 2.15. The standard InChI is InChI=1S/C67H110O6/c1-4-7-10-13-16-19-22-25-28-29-30-31-32-33-34-35-36-37-40-42-45-48-51-54-57-60-66(69)72-63-64(73-67(70)61-58-55-52-49-46-43-39-27-24-21-18-15-12-9-6-3)62-71-65(68)59-56-53-50-47-44-41-38-26-23-20-17-14-11-8-5-2/h7,9-10,12,16-21,25-28,30-31,38-39,46,49,64H,4-6,8,11,13-15,22-24,29,32-37,40-45,47-48,50-63H2,1-3H3/b10-7-,12-9-,19-16-,20-17-,21-18-,28-25-,31-30-,38-26-,39-27-,49-46-. The predicted molar refractivity (Wildman–Crippen MR) is 316 cm³/mol. The smallest absolute Gasteiger partial charge is 0.306 e. The molecule has 1 atom stereocenters. The van der Waals surface area contributed by atoms with Crippen LogP contribution in [-0.4, -0.2) is 37.2 Å². The van der Waals surface area contributed by atoms with Gasteiger partial charge < -0.3 is 14.2 Å². The van der Waals surface area contributed by atoms with Crippen LogP contribution in [0.4, 0.5) is 0 Å². The minimum Gasteiger partial charge on any atom is -0.462 e. The van der Waals surface area contributed by atoms with Crippen molar-refractivity contribution >= 4 is 17.9 Å². The molecule has 0 fully saturated rings. The van der Waals surface area contributed by atoms with Gasteiger partial charge in [0.25, 0.3) is 0 Å². The Morgan fingerprint density at radius 3 is 0.863 bits per heavy atom. The summed E-state index contributed by atoms with van der Waals surface area (Å²) < 4.78 is 16.8. The Kier molecular flexibility index (Phi) is 56.9. The maximum Gasteiger partial charge on any atom is 0.306 e. The Hall–Kier alpha value is -4.19. The minimum atomic E-state index is -0.810. The van der Waals surface area contributed by atoms with Crippen molar-refractivity contribution < 1.29 is 28.6 Å². The third-order valence-corrected chi connectivity index (χ3v) is 12.4. The van der Waals surface area contributed by atoms with Crippen LogP contribution < -0.4 is 0 Å². The van der Waals surface area contributed by atoms with Gasteiger partial charge >= 0.3 is 17.9 Å². The number of hydrogen-bond donors (Lipinski definition) is 0. The highest BCUT2D eigenvalue weighted by molar-refractivity contribution is 5.71. The summed E-state index contributed by atoms with van der Waals surface area (Å²) in [7, 11) is 0. The van der Waals surface area contributed by atoms with Gasteiger partial charge in [-0.05, 0) is 128 Å². The normalized spacial score (nSPS) is 13.0. The SMILES string of the molecule is CC/C=C\C/C=C\C/C=C\C/C=C\CCCCCCCCCCCCCCC(=O)OCC(COC(=O)CCCCCCC/C=C\C/C=C\CCCCC)OC(=O)CCCC/C=C\C/C=C\C/C=C\C/C=C\CC. The van der Waals surface area contributed by atoms with Crippen molar-refractivity contribution in [1.29, 1.82) is 0 Å². The van der Waals surface area contributed by atoms with Gasteiger partial charge in [0.1, 0.15) is 13.2 Å². The number of ether oxygens (including phenoxy) is 3. The van der Waals surface area contributed by atoms with Gasteiger partial charge in [0.2, 0.25) is 0 Å². The fourth-order valence-electron chi connectivity index (χ4n) is 7.98. The van der Waals surface area contributed by atoms with Crippen LogP contribution in [0.5, 0.6) is 0 Å². The number of unbranched alkanes of at least 4 members (excludes halogenated alkanes) is 22. The number of allylic oxidation sites excluding steroid dienone is 20. The minimum absolute atomic E-state index is 0.102. The van der Waals surface area contributed by atoms with Gasteiger partial charge in [0.15, 0.2) is 6.10 Å². The van der Waals surface area contributed by atoms with Crippen LogP contribution in [-0.2, 0) is 28.6 Å². The Morgan fingerprint density at radius 2 is 0.534 bits per heavy atom. The van der Waals surface area contributed by atoms with E-state index >= 15 is 0 Å². The van der Waals surface area contributed by atoms with E-state index in [-0.39, 0.29) is 37.5 Å². The Balaban J connectivity index is 4.38. The van der Waals surface area contributed by atoms with Gasteiger partial charge in [0.05, 0.1) is 0 Å². The molecule has 0 amide bonds. The van der Waals surface area contributed by atoms with E-state index in [1.165, 1.54) is 89.9 Å². The molecule has 0 spiro atoms. The van der Waals surface area contributed by atoms with E-state index in [0.29, 0.717) is 19.3 Å². The molecule has 0 radical (unpaired) electrons. The summed E-state index contributed by atoms with van der Waals surface area (Å²) in [5.41, 5.74) is 0. The lowest BCUT2D eigenvalue weighted by Crippen LogP contribution is -2.30. The van der Waals surface area contributed by atoms with Crippen LogP contribution in [0.25, 0.3) is 0 Å². The third kappa shape index (κ3) is 58.6. The van der Waals surface area contributed by atoms with Gasteiger partial charge in [-0.15, -0.1) is 0 Å². The second-order valence-electron chi connectivity index (χ2n) is 19.5. The fourth-order valence-corrected chi connectivity index (χ4v) is 7.98. The van der Waals surface area contributed by atoms with Crippen molar-refractivity contribution in [1.82, 2.24) is 0 Å². The fraction of sp³-hybridized carbons (Fsp3) is 0.657. The average Bonchev–Trinajstić information content (AvgIpc) is 3.39. The lowest BCUT2D eigenvalue weighted by Gasteiger charge is -2.18. The largest absolute Gasteiger partial charge is 0.462 e. The molecule has 0 aromatic carbocycles. The summed E-state index contributed by atoms with van der Waals surface area (Å²) >= 11 is 0. The summed E-state index contributed by atoms with van der Waals surface area (Å²) in [5.74, 6) is -0.960. The van der Waals surface area contributed by atoms with Crippen LogP contribution in [0.3, 0.4) is 0 Å². The van der Waals surface area contributed by atoms with Crippen LogP contribution in [0.2, 0.25) is 0 Å². The van der Waals surface area contributed by atoms with Crippen molar-refractivity contribution in [2.45, 2.75) is 271 Å². The lowest BCUT2D eigenvalue weighted by molar-refractivity contribution is -0.167. The van der Waals surface area contributed by atoms with Crippen LogP contribution in [0.1, 0.15) is 265 Å². The highest BCUT2D eigenvalue weighted by Gasteiger charge is 2.19. The van der Waals surface area contributed by atoms with E-state index < -0.39 is 6.10 Å². The number of carbonyl (C=O) groups is 3. The molecule has 6 heteroatoms. The van der Waals surface area contributed by atoms with E-state index in [4.69, 9.17) is 14.2 Å². The summed E-state index contributed by atoms with van der Waals surface area (Å²) in [6, 6.07) is 0. The number of hydrogen-bond acceptors (Lipinski definition) is 6. The predicted octanol–water partition coefficient (Wildman–Crippen LogP) is 20.4. The zero-order chi connectivity index (χ0) is 52.9. The first-order valence-electron chi connectivity index (χ1n) is 30.0. The maximum atomic E-state index is 12.8. The molecule has 0 aliphatic rings. The summed E-state index contributed by atoms with van der Waals surface area (Å²) in [4.78, 5) is 38.2. The first-order valence-corrected chi connectivity index (χ1v) is 30.0. The molecular weight excluding hydrogens is 901 g/mol. The van der Waals surface area contributed by atoms with Crippen molar-refractivity contribution in [3.63, 3.8) is 0 Å². The van der Waals surface area contributed by atoms with Crippen molar-refractivity contribution in [3.05, 3.63) is 122 Å². The molecule has 0 aliphatic carbocycles. The number of rotatable bonds is 53. The van der Waals surface area contributed by atoms with Crippen molar-refractivity contribution in [2.75, 3.05) is 13.2 Å². The van der Waals surface area contributed by atoms with Gasteiger partial charge in [-0.3, -0.25) is 14.4 Å². The molecule has 0 bridgehead atoms. The molecule has 0 aliphatic heterocycles. The zero-order valence-electron chi connectivity index (χ0n) is 47.4. The van der Waals surface area contributed by atoms with Crippen LogP contribution >= 0.6 is 0 Å². The molecular formula is C67H110O6. The van der Waals surface area contributed by atoms with Gasteiger partial charge in [-0.1, -0.05) is 239 Å². The van der Waals surface area contributed by atoms with E-state index in [2.05, 4.69) is 142 Å². The molecule has 0 N–H and O–H groups in total. The summed E-state index contributed by atoms with van der Waals surface area (Å²) in [5, 5.41) is 0. The molecule has 1 unspecified atom stereocenters. The monoisotopic (exact) mass is 1010 g/mol. The molecule has 0 aromatic rings. The lowest BCUT2D eigenvalue weighted by atomic mass is 10.0. The molecule has 0 rings (SSSR count). The first kappa shape index (κ1) is 68.8. The molecule has 0 saturated heterocycles. The van der Waals surface area contributed by atoms with Crippen LogP contribution in [0, 0.1) is 0 Å². The zero-order valence-corrected chi connectivity index (χ0v) is 47.4. The third-order valence-electron chi connectivity index (χ3n) is 12.4. The quantitative estimate of drug-likeness (QED) is 0.0261. The molecule has 0 saturated carbocycles. The topological polar surface area (TPSA) is 78.9 Å². The van der Waals surface area contributed by atoms with E-state index in [0.717, 1.165) is 128 Å². The van der Waals surface area contributed by atoms with E-state index in [1.807, 2.05) is 0 Å². The van der Waals surface area contributed by atoms with Crippen molar-refractivity contribution in [3.8, 4) is 0 Å². The molecule has 414 valence electrons. The van der Waals surface area contributed by atoms with Crippen molar-refractivity contribution in [2.24, 2.45) is 0 Å². The number of carbonyl (C=O) groups excluding carboxylic acids is 3. The van der Waals surface area contributed by atoms with Gasteiger partial charge in [-0.25, -0.2) is 0 Å². The van der Waals surface area contributed by atoms with E-state index in [1.54, 1.807) is 0 Å². The molecule has 0 heterocycles. The highest BCUT2D eigenvalue weighted by atomic mass is 16.6. The second kappa shape index (κ2) is 60.4. The first-order chi connectivity index (χ1) is 36.0. The van der Waals surface area contributed by atoms with E-state index in [9.17, 15) is 14.4 Å². The summed E-state index contributed by atoms with van der Waals surface area (Å²) in [6.45, 7) is 6.34. The van der Waals surface area contributed by atoms with Gasteiger partial charge in [0, 0.05) is 19.3 Å². The second-order valence-corrected chi connectivity index (χ2v) is 19.5. The Morgan fingerprint density at radius 1 is 0.288 bits per heavy atom. The maximum absolute atomic E-state index is 12.8. The Bertz CT molecular complexity index is 1540. The number of esters is 3. The molecule has 73 heavy (non-hydrogen) atoms. The van der Waals surface area contributed by atoms with Crippen LogP contribution in [0.15, 0.2) is 122 Å². The molecule has 0 aromatic heterocycles.